The molecule has 0 aliphatic heterocycles. The Hall–Kier alpha value is -4.08. The van der Waals surface area contributed by atoms with Gasteiger partial charge in [-0.05, 0) is 19.1 Å². The number of methoxy groups -OCH3 is 6. The van der Waals surface area contributed by atoms with Crippen LogP contribution in [-0.2, 0) is 14.3 Å². The van der Waals surface area contributed by atoms with Crippen LogP contribution in [0.5, 0.6) is 34.5 Å². The molecule has 0 saturated heterocycles. The Balaban J connectivity index is 2.54. The minimum Gasteiger partial charge on any atom is -0.496 e. The van der Waals surface area contributed by atoms with E-state index in [4.69, 9.17) is 33.2 Å². The molecule has 194 valence electrons. The van der Waals surface area contributed by atoms with Gasteiger partial charge in [-0.2, -0.15) is 0 Å². The van der Waals surface area contributed by atoms with Gasteiger partial charge in [-0.1, -0.05) is 0 Å². The quantitative estimate of drug-likeness (QED) is 0.483. The van der Waals surface area contributed by atoms with E-state index in [1.54, 1.807) is 25.1 Å². The first-order valence-electron chi connectivity index (χ1n) is 11.1. The standard InChI is InChI=1S/C26H30O10/c1-8-36-26(29)23-15(25(27)28)9-13-17(31-3)12-20(34-6)24(35-7)22(13)21(23)14-10-18(32-4)19(33-5)11-16(14)30-2/h9-12,21,23H,8H2,1-7H3,(H,27,28)/t21-,23-/m1/s1. The lowest BCUT2D eigenvalue weighted by atomic mass is 9.70. The topological polar surface area (TPSA) is 119 Å². The van der Waals surface area contributed by atoms with Gasteiger partial charge in [0.05, 0.1) is 54.8 Å². The minimum absolute atomic E-state index is 0.0590. The molecule has 10 nitrogen and oxygen atoms in total. The first-order valence-corrected chi connectivity index (χ1v) is 11.1. The number of carboxylic acid groups (broad SMARTS) is 1. The van der Waals surface area contributed by atoms with Crippen LogP contribution >= 0.6 is 0 Å². The molecule has 0 amide bonds. The number of ether oxygens (including phenoxy) is 7. The molecule has 1 aliphatic carbocycles. The Morgan fingerprint density at radius 3 is 1.83 bits per heavy atom. The molecule has 0 saturated carbocycles. The molecule has 0 radical (unpaired) electrons. The van der Waals surface area contributed by atoms with Crippen LogP contribution in [0, 0.1) is 5.92 Å². The summed E-state index contributed by atoms with van der Waals surface area (Å²) in [4.78, 5) is 25.8. The van der Waals surface area contributed by atoms with E-state index < -0.39 is 23.8 Å². The van der Waals surface area contributed by atoms with Crippen molar-refractivity contribution in [3.63, 3.8) is 0 Å². The number of carboxylic acids is 1. The summed E-state index contributed by atoms with van der Waals surface area (Å²) in [5.41, 5.74) is 1.18. The van der Waals surface area contributed by atoms with Crippen LogP contribution in [0.2, 0.25) is 0 Å². The highest BCUT2D eigenvalue weighted by Gasteiger charge is 2.46. The van der Waals surface area contributed by atoms with E-state index in [2.05, 4.69) is 0 Å². The lowest BCUT2D eigenvalue weighted by Crippen LogP contribution is -2.33. The first-order chi connectivity index (χ1) is 17.3. The molecule has 10 heteroatoms. The summed E-state index contributed by atoms with van der Waals surface area (Å²) in [5.74, 6) is -2.11. The van der Waals surface area contributed by atoms with Crippen LogP contribution in [0.25, 0.3) is 6.08 Å². The summed E-state index contributed by atoms with van der Waals surface area (Å²) >= 11 is 0. The summed E-state index contributed by atoms with van der Waals surface area (Å²) in [6.45, 7) is 1.71. The molecule has 1 aliphatic rings. The van der Waals surface area contributed by atoms with Crippen molar-refractivity contribution in [1.82, 2.24) is 0 Å². The zero-order chi connectivity index (χ0) is 26.6. The molecule has 0 aromatic heterocycles. The second-order valence-electron chi connectivity index (χ2n) is 7.70. The molecule has 2 aromatic rings. The average molecular weight is 503 g/mol. The average Bonchev–Trinajstić information content (AvgIpc) is 2.89. The number of benzene rings is 2. The van der Waals surface area contributed by atoms with Gasteiger partial charge in [-0.3, -0.25) is 4.79 Å². The molecule has 0 fully saturated rings. The summed E-state index contributed by atoms with van der Waals surface area (Å²) in [5, 5.41) is 10.2. The smallest absolute Gasteiger partial charge is 0.332 e. The second-order valence-corrected chi connectivity index (χ2v) is 7.70. The van der Waals surface area contributed by atoms with Gasteiger partial charge < -0.3 is 38.3 Å². The summed E-state index contributed by atoms with van der Waals surface area (Å²) in [6.07, 6.45) is 1.41. The number of esters is 1. The minimum atomic E-state index is -1.28. The van der Waals surface area contributed by atoms with Crippen molar-refractivity contribution < 1.29 is 47.9 Å². The highest BCUT2D eigenvalue weighted by Crippen LogP contribution is 2.55. The van der Waals surface area contributed by atoms with Gasteiger partial charge in [0.2, 0.25) is 0 Å². The highest BCUT2D eigenvalue weighted by molar-refractivity contribution is 6.02. The van der Waals surface area contributed by atoms with Crippen molar-refractivity contribution in [1.29, 1.82) is 0 Å². The number of carbonyl (C=O) groups excluding carboxylic acids is 1. The van der Waals surface area contributed by atoms with Gasteiger partial charge in [0.15, 0.2) is 23.0 Å². The van der Waals surface area contributed by atoms with Gasteiger partial charge in [0.25, 0.3) is 0 Å². The molecule has 2 atom stereocenters. The predicted molar refractivity (Wildman–Crippen MR) is 130 cm³/mol. The van der Waals surface area contributed by atoms with E-state index in [0.29, 0.717) is 51.2 Å². The van der Waals surface area contributed by atoms with Crippen molar-refractivity contribution in [2.24, 2.45) is 5.92 Å². The van der Waals surface area contributed by atoms with Gasteiger partial charge in [-0.25, -0.2) is 4.79 Å². The summed E-state index contributed by atoms with van der Waals surface area (Å²) in [6, 6.07) is 4.86. The van der Waals surface area contributed by atoms with E-state index >= 15 is 0 Å². The fraction of sp³-hybridized carbons (Fsp3) is 0.385. The van der Waals surface area contributed by atoms with Gasteiger partial charge in [0.1, 0.15) is 17.4 Å². The molecule has 2 aromatic carbocycles. The number of hydrogen-bond acceptors (Lipinski definition) is 9. The highest BCUT2D eigenvalue weighted by atomic mass is 16.5. The third-order valence-corrected chi connectivity index (χ3v) is 6.07. The Labute approximate surface area is 209 Å². The maximum Gasteiger partial charge on any atom is 0.332 e. The number of aliphatic carboxylic acids is 1. The molecule has 0 unspecified atom stereocenters. The zero-order valence-corrected chi connectivity index (χ0v) is 21.3. The lowest BCUT2D eigenvalue weighted by molar-refractivity contribution is -0.149. The predicted octanol–water partition coefficient (Wildman–Crippen LogP) is 3.53. The molecule has 0 heterocycles. The van der Waals surface area contributed by atoms with Crippen molar-refractivity contribution in [2.75, 3.05) is 49.3 Å². The Morgan fingerprint density at radius 2 is 1.33 bits per heavy atom. The zero-order valence-electron chi connectivity index (χ0n) is 21.3. The van der Waals surface area contributed by atoms with Crippen LogP contribution in [0.15, 0.2) is 23.8 Å². The number of hydrogen-bond donors (Lipinski definition) is 1. The lowest BCUT2D eigenvalue weighted by Gasteiger charge is -2.34. The van der Waals surface area contributed by atoms with Crippen molar-refractivity contribution in [3.05, 3.63) is 40.5 Å². The van der Waals surface area contributed by atoms with Crippen LogP contribution in [0.3, 0.4) is 0 Å². The Bertz CT molecular complexity index is 1180. The van der Waals surface area contributed by atoms with E-state index in [1.165, 1.54) is 48.7 Å². The van der Waals surface area contributed by atoms with Gasteiger partial charge in [0, 0.05) is 34.7 Å². The molecule has 36 heavy (non-hydrogen) atoms. The van der Waals surface area contributed by atoms with Crippen molar-refractivity contribution in [3.8, 4) is 34.5 Å². The van der Waals surface area contributed by atoms with Crippen molar-refractivity contribution >= 4 is 18.0 Å². The number of fused-ring (bicyclic) bond motifs is 1. The molecule has 3 rings (SSSR count). The molecule has 0 bridgehead atoms. The van der Waals surface area contributed by atoms with Gasteiger partial charge in [-0.15, -0.1) is 0 Å². The van der Waals surface area contributed by atoms with Crippen LogP contribution in [-0.4, -0.2) is 66.3 Å². The van der Waals surface area contributed by atoms with E-state index in [0.717, 1.165) is 0 Å². The van der Waals surface area contributed by atoms with E-state index in [1.807, 2.05) is 0 Å². The van der Waals surface area contributed by atoms with E-state index in [9.17, 15) is 14.7 Å². The first kappa shape index (κ1) is 26.5. The number of rotatable bonds is 10. The molecule has 0 spiro atoms. The molecule has 1 N–H and O–H groups in total. The third kappa shape index (κ3) is 4.46. The van der Waals surface area contributed by atoms with Gasteiger partial charge >= 0.3 is 11.9 Å². The van der Waals surface area contributed by atoms with Crippen LogP contribution in [0.1, 0.15) is 29.5 Å². The SMILES string of the molecule is CCOC(=O)[C@@H]1C(C(=O)O)=Cc2c(OC)cc(OC)c(OC)c2[C@H]1c1cc(OC)c(OC)cc1OC. The van der Waals surface area contributed by atoms with Crippen molar-refractivity contribution in [2.45, 2.75) is 12.8 Å². The van der Waals surface area contributed by atoms with Crippen LogP contribution in [0.4, 0.5) is 0 Å². The van der Waals surface area contributed by atoms with Crippen LogP contribution < -0.4 is 28.4 Å². The molecular formula is C26H30O10. The largest absolute Gasteiger partial charge is 0.496 e. The van der Waals surface area contributed by atoms with E-state index in [-0.39, 0.29) is 12.2 Å². The third-order valence-electron chi connectivity index (χ3n) is 6.07. The maximum atomic E-state index is 13.4. The molecular weight excluding hydrogens is 472 g/mol. The fourth-order valence-electron chi connectivity index (χ4n) is 4.55. The Morgan fingerprint density at radius 1 is 0.778 bits per heavy atom. The number of carbonyl (C=O) groups is 2. The fourth-order valence-corrected chi connectivity index (χ4v) is 4.55. The monoisotopic (exact) mass is 502 g/mol. The Kier molecular flexibility index (Phi) is 8.18. The normalized spacial score (nSPS) is 16.2. The maximum absolute atomic E-state index is 13.4. The summed E-state index contributed by atoms with van der Waals surface area (Å²) < 4.78 is 38.8. The summed E-state index contributed by atoms with van der Waals surface area (Å²) in [7, 11) is 8.81. The second kappa shape index (κ2) is 11.1.